The van der Waals surface area contributed by atoms with E-state index in [0.717, 1.165) is 10.6 Å². The third-order valence-corrected chi connectivity index (χ3v) is 5.63. The normalized spacial score (nSPS) is 12.0. The van der Waals surface area contributed by atoms with Crippen molar-refractivity contribution < 1.29 is 13.5 Å². The highest BCUT2D eigenvalue weighted by atomic mass is 32.2. The lowest BCUT2D eigenvalue weighted by molar-refractivity contribution is 0.319. The van der Waals surface area contributed by atoms with Crippen LogP contribution >= 0.6 is 11.3 Å². The first kappa shape index (κ1) is 16.1. The predicted molar refractivity (Wildman–Crippen MR) is 86.2 cm³/mol. The zero-order chi connectivity index (χ0) is 15.5. The minimum Gasteiger partial charge on any atom is -0.395 e. The zero-order valence-electron chi connectivity index (χ0n) is 12.1. The summed E-state index contributed by atoms with van der Waals surface area (Å²) in [7, 11) is -3.28. The first-order valence-electron chi connectivity index (χ1n) is 6.77. The fourth-order valence-electron chi connectivity index (χ4n) is 1.95. The maximum absolute atomic E-state index is 11.7. The quantitative estimate of drug-likeness (QED) is 0.887. The van der Waals surface area contributed by atoms with E-state index in [4.69, 9.17) is 5.11 Å². The molecule has 2 aromatic rings. The Balaban J connectivity index is 2.16. The van der Waals surface area contributed by atoms with E-state index in [-0.39, 0.29) is 18.1 Å². The Hall–Kier alpha value is -1.24. The summed E-state index contributed by atoms with van der Waals surface area (Å²) in [5.41, 5.74) is 2.80. The van der Waals surface area contributed by atoms with E-state index in [1.165, 1.54) is 16.9 Å². The average molecular weight is 325 g/mol. The minimum absolute atomic E-state index is 0.117. The second-order valence-corrected chi connectivity index (χ2v) is 8.28. The number of aliphatic hydroxyl groups is 1. The Bertz CT molecular complexity index is 688. The standard InChI is InChI=1S/C15H19NO3S2/c1-11(2)12-3-5-13(6-4-12)15-16-14(9-20-15)10-21(18,19)8-7-17/h3-6,9,11,17H,7-8,10H2,1-2H3. The van der Waals surface area contributed by atoms with E-state index in [9.17, 15) is 8.42 Å². The molecule has 0 aliphatic carbocycles. The Labute approximate surface area is 129 Å². The van der Waals surface area contributed by atoms with Gasteiger partial charge in [0.1, 0.15) is 5.01 Å². The molecule has 0 fully saturated rings. The molecule has 0 aliphatic heterocycles. The topological polar surface area (TPSA) is 67.3 Å². The van der Waals surface area contributed by atoms with Crippen LogP contribution in [0, 0.1) is 0 Å². The van der Waals surface area contributed by atoms with Crippen LogP contribution in [0.2, 0.25) is 0 Å². The molecule has 0 spiro atoms. The summed E-state index contributed by atoms with van der Waals surface area (Å²) < 4.78 is 23.3. The van der Waals surface area contributed by atoms with E-state index in [1.807, 2.05) is 12.1 Å². The second kappa shape index (κ2) is 6.68. The molecule has 114 valence electrons. The van der Waals surface area contributed by atoms with E-state index in [2.05, 4.69) is 31.0 Å². The van der Waals surface area contributed by atoms with Crippen molar-refractivity contribution in [3.05, 3.63) is 40.9 Å². The van der Waals surface area contributed by atoms with E-state index < -0.39 is 9.84 Å². The molecule has 0 atom stereocenters. The first-order chi connectivity index (χ1) is 9.91. The monoisotopic (exact) mass is 325 g/mol. The van der Waals surface area contributed by atoms with Gasteiger partial charge in [0.2, 0.25) is 0 Å². The molecule has 2 rings (SSSR count). The number of hydrogen-bond donors (Lipinski definition) is 1. The molecule has 0 saturated heterocycles. The average Bonchev–Trinajstić information content (AvgIpc) is 2.86. The maximum atomic E-state index is 11.7. The Morgan fingerprint density at radius 2 is 1.90 bits per heavy atom. The van der Waals surface area contributed by atoms with Gasteiger partial charge in [-0.25, -0.2) is 13.4 Å². The fourth-order valence-corrected chi connectivity index (χ4v) is 3.91. The summed E-state index contributed by atoms with van der Waals surface area (Å²) >= 11 is 1.44. The molecule has 0 bridgehead atoms. The molecule has 0 amide bonds. The number of benzene rings is 1. The second-order valence-electron chi connectivity index (χ2n) is 5.24. The molecule has 1 heterocycles. The van der Waals surface area contributed by atoms with Crippen molar-refractivity contribution in [3.63, 3.8) is 0 Å². The van der Waals surface area contributed by atoms with Crippen molar-refractivity contribution in [2.45, 2.75) is 25.5 Å². The van der Waals surface area contributed by atoms with Crippen molar-refractivity contribution in [3.8, 4) is 10.6 Å². The number of sulfone groups is 1. The number of rotatable bonds is 6. The number of aromatic nitrogens is 1. The van der Waals surface area contributed by atoms with Gasteiger partial charge in [0, 0.05) is 10.9 Å². The molecule has 1 aromatic heterocycles. The van der Waals surface area contributed by atoms with E-state index in [0.29, 0.717) is 11.6 Å². The van der Waals surface area contributed by atoms with Crippen LogP contribution in [-0.4, -0.2) is 30.9 Å². The Morgan fingerprint density at radius 1 is 1.24 bits per heavy atom. The van der Waals surface area contributed by atoms with Crippen LogP contribution in [0.15, 0.2) is 29.6 Å². The number of aliphatic hydroxyl groups excluding tert-OH is 1. The van der Waals surface area contributed by atoms with Crippen molar-refractivity contribution in [2.75, 3.05) is 12.4 Å². The molecular formula is C15H19NO3S2. The third kappa shape index (κ3) is 4.36. The Morgan fingerprint density at radius 3 is 2.48 bits per heavy atom. The maximum Gasteiger partial charge on any atom is 0.158 e. The lowest BCUT2D eigenvalue weighted by Gasteiger charge is -2.05. The molecule has 1 aromatic carbocycles. The smallest absolute Gasteiger partial charge is 0.158 e. The summed E-state index contributed by atoms with van der Waals surface area (Å²) in [4.78, 5) is 4.38. The van der Waals surface area contributed by atoms with Gasteiger partial charge in [-0.2, -0.15) is 0 Å². The molecule has 1 N–H and O–H groups in total. The van der Waals surface area contributed by atoms with Gasteiger partial charge in [-0.05, 0) is 11.5 Å². The molecule has 0 radical (unpaired) electrons. The first-order valence-corrected chi connectivity index (χ1v) is 9.47. The number of thiazole rings is 1. The van der Waals surface area contributed by atoms with Crippen LogP contribution in [0.3, 0.4) is 0 Å². The SMILES string of the molecule is CC(C)c1ccc(-c2nc(CS(=O)(=O)CCO)cs2)cc1. The summed E-state index contributed by atoms with van der Waals surface area (Å²) in [6, 6.07) is 8.17. The largest absolute Gasteiger partial charge is 0.395 e. The summed E-state index contributed by atoms with van der Waals surface area (Å²) in [6.07, 6.45) is 0. The summed E-state index contributed by atoms with van der Waals surface area (Å²) in [5.74, 6) is 0.145. The summed E-state index contributed by atoms with van der Waals surface area (Å²) in [5, 5.41) is 11.3. The van der Waals surface area contributed by atoms with Gasteiger partial charge in [-0.15, -0.1) is 11.3 Å². The molecule has 0 unspecified atom stereocenters. The zero-order valence-corrected chi connectivity index (χ0v) is 13.7. The van der Waals surface area contributed by atoms with Crippen LogP contribution in [0.25, 0.3) is 10.6 Å². The van der Waals surface area contributed by atoms with E-state index in [1.54, 1.807) is 5.38 Å². The molecule has 4 nitrogen and oxygen atoms in total. The molecule has 21 heavy (non-hydrogen) atoms. The van der Waals surface area contributed by atoms with Crippen molar-refractivity contribution in [1.82, 2.24) is 4.98 Å². The minimum atomic E-state index is -3.28. The molecular weight excluding hydrogens is 306 g/mol. The number of nitrogens with zero attached hydrogens (tertiary/aromatic N) is 1. The van der Waals surface area contributed by atoms with Crippen LogP contribution < -0.4 is 0 Å². The molecule has 0 aliphatic rings. The molecule has 6 heteroatoms. The Kier molecular flexibility index (Phi) is 5.13. The van der Waals surface area contributed by atoms with E-state index >= 15 is 0 Å². The summed E-state index contributed by atoms with van der Waals surface area (Å²) in [6.45, 7) is 3.93. The van der Waals surface area contributed by atoms with Gasteiger partial charge < -0.3 is 5.11 Å². The lowest BCUT2D eigenvalue weighted by Crippen LogP contribution is -2.12. The highest BCUT2D eigenvalue weighted by Crippen LogP contribution is 2.26. The van der Waals surface area contributed by atoms with Crippen molar-refractivity contribution in [2.24, 2.45) is 0 Å². The van der Waals surface area contributed by atoms with Crippen LogP contribution in [0.1, 0.15) is 31.0 Å². The van der Waals surface area contributed by atoms with Gasteiger partial charge in [0.25, 0.3) is 0 Å². The van der Waals surface area contributed by atoms with Gasteiger partial charge in [0.15, 0.2) is 9.84 Å². The molecule has 0 saturated carbocycles. The highest BCUT2D eigenvalue weighted by molar-refractivity contribution is 7.90. The third-order valence-electron chi connectivity index (χ3n) is 3.15. The van der Waals surface area contributed by atoms with Crippen molar-refractivity contribution in [1.29, 1.82) is 0 Å². The highest BCUT2D eigenvalue weighted by Gasteiger charge is 2.14. The van der Waals surface area contributed by atoms with Gasteiger partial charge in [-0.3, -0.25) is 0 Å². The fraction of sp³-hybridized carbons (Fsp3) is 0.400. The van der Waals surface area contributed by atoms with Crippen molar-refractivity contribution >= 4 is 21.2 Å². The van der Waals surface area contributed by atoms with Crippen LogP contribution in [-0.2, 0) is 15.6 Å². The van der Waals surface area contributed by atoms with Crippen LogP contribution in [0.4, 0.5) is 0 Å². The predicted octanol–water partition coefficient (Wildman–Crippen LogP) is 2.84. The van der Waals surface area contributed by atoms with Crippen LogP contribution in [0.5, 0.6) is 0 Å². The van der Waals surface area contributed by atoms with Gasteiger partial charge in [-0.1, -0.05) is 38.1 Å². The van der Waals surface area contributed by atoms with Gasteiger partial charge in [0.05, 0.1) is 23.8 Å². The number of hydrogen-bond acceptors (Lipinski definition) is 5. The van der Waals surface area contributed by atoms with Gasteiger partial charge >= 0.3 is 0 Å². The lowest BCUT2D eigenvalue weighted by atomic mass is 10.0.